The van der Waals surface area contributed by atoms with Gasteiger partial charge >= 0.3 is 5.97 Å². The molecule has 8 nitrogen and oxygen atoms in total. The van der Waals surface area contributed by atoms with Gasteiger partial charge < -0.3 is 14.8 Å². The molecule has 44 heavy (non-hydrogen) atoms. The van der Waals surface area contributed by atoms with Crippen molar-refractivity contribution < 1.29 is 24.0 Å². The molecular formula is C35H26N2O6S. The molecule has 1 atom stereocenters. The zero-order chi connectivity index (χ0) is 30.6. The predicted octanol–water partition coefficient (Wildman–Crippen LogP) is 7.94. The number of rotatable bonds is 10. The molecule has 0 saturated carbocycles. The van der Waals surface area contributed by atoms with E-state index < -0.39 is 22.8 Å². The van der Waals surface area contributed by atoms with Crippen LogP contribution < -0.4 is 5.32 Å². The summed E-state index contributed by atoms with van der Waals surface area (Å²) in [4.78, 5) is 34.5. The molecule has 0 unspecified atom stereocenters. The van der Waals surface area contributed by atoms with E-state index in [1.807, 2.05) is 42.5 Å². The number of thioether (sulfide) groups is 1. The molecular weight excluding hydrogens is 576 g/mol. The molecule has 6 aromatic rings. The fraction of sp³-hybridized carbons (Fsp3) is 0.0857. The Morgan fingerprint density at radius 2 is 1.43 bits per heavy atom. The number of carboxylic acids is 1. The molecule has 1 amide bonds. The number of aliphatic carboxylic acids is 1. The van der Waals surface area contributed by atoms with Crippen LogP contribution in [0.5, 0.6) is 0 Å². The molecule has 0 aliphatic carbocycles. The Bertz CT molecular complexity index is 1980. The lowest BCUT2D eigenvalue weighted by Gasteiger charge is -2.14. The van der Waals surface area contributed by atoms with Crippen molar-refractivity contribution in [2.75, 3.05) is 5.75 Å². The maximum atomic E-state index is 12.5. The minimum atomic E-state index is -1.15. The number of para-hydroxylation sites is 2. The molecule has 6 rings (SSSR count). The molecule has 2 N–H and O–H groups in total. The lowest BCUT2D eigenvalue weighted by molar-refractivity contribution is -0.384. The maximum absolute atomic E-state index is 12.5. The van der Waals surface area contributed by atoms with Gasteiger partial charge in [-0.3, -0.25) is 14.9 Å². The van der Waals surface area contributed by atoms with Gasteiger partial charge in [-0.25, -0.2) is 4.79 Å². The van der Waals surface area contributed by atoms with Crippen molar-refractivity contribution in [2.45, 2.75) is 11.8 Å². The summed E-state index contributed by atoms with van der Waals surface area (Å²) in [6.45, 7) is 0. The van der Waals surface area contributed by atoms with E-state index in [1.54, 1.807) is 0 Å². The first-order valence-corrected chi connectivity index (χ1v) is 15.0. The lowest BCUT2D eigenvalue weighted by atomic mass is 9.98. The number of furan rings is 1. The van der Waals surface area contributed by atoms with Gasteiger partial charge in [0.15, 0.2) is 0 Å². The van der Waals surface area contributed by atoms with Crippen LogP contribution in [0.3, 0.4) is 0 Å². The number of hydrogen-bond donors (Lipinski definition) is 2. The zero-order valence-corrected chi connectivity index (χ0v) is 24.1. The van der Waals surface area contributed by atoms with E-state index >= 15 is 0 Å². The van der Waals surface area contributed by atoms with Gasteiger partial charge in [0.2, 0.25) is 0 Å². The molecule has 0 fully saturated rings. The van der Waals surface area contributed by atoms with E-state index in [0.29, 0.717) is 5.75 Å². The van der Waals surface area contributed by atoms with Crippen molar-refractivity contribution in [3.63, 3.8) is 0 Å². The zero-order valence-electron chi connectivity index (χ0n) is 23.3. The number of non-ortho nitro benzene ring substituents is 1. The van der Waals surface area contributed by atoms with E-state index in [1.165, 1.54) is 36.0 Å². The molecule has 5 aromatic carbocycles. The summed E-state index contributed by atoms with van der Waals surface area (Å²) in [7, 11) is 0. The second-order valence-corrected chi connectivity index (χ2v) is 11.3. The number of fused-ring (bicyclic) bond motifs is 3. The monoisotopic (exact) mass is 602 g/mol. The molecule has 0 saturated heterocycles. The molecule has 0 bridgehead atoms. The Morgan fingerprint density at radius 1 is 0.795 bits per heavy atom. The fourth-order valence-corrected chi connectivity index (χ4v) is 6.06. The number of nitro benzene ring substituents is 1. The normalized spacial score (nSPS) is 11.8. The number of carboxylic acid groups (broad SMARTS) is 1. The molecule has 1 aromatic heterocycles. The number of nitrogens with zero attached hydrogens (tertiary/aromatic N) is 1. The second kappa shape index (κ2) is 12.4. The lowest BCUT2D eigenvalue weighted by Crippen LogP contribution is -2.42. The topological polar surface area (TPSA) is 123 Å². The summed E-state index contributed by atoms with van der Waals surface area (Å²) in [5, 5.41) is 25.1. The highest BCUT2D eigenvalue weighted by Crippen LogP contribution is 2.36. The first-order chi connectivity index (χ1) is 21.4. The Kier molecular flexibility index (Phi) is 8.12. The van der Waals surface area contributed by atoms with Gasteiger partial charge in [-0.1, -0.05) is 84.9 Å². The predicted molar refractivity (Wildman–Crippen MR) is 173 cm³/mol. The summed E-state index contributed by atoms with van der Waals surface area (Å²) >= 11 is 1.40. The SMILES string of the molecule is O=C(N[C@@H](CSCc1ccc(-c2ccc(-c3cccc4c3oc3ccccc34)cc2)cc1)C(=O)O)c1ccc([N+](=O)[O-])cc1. The number of amides is 1. The summed E-state index contributed by atoms with van der Waals surface area (Å²) in [5.74, 6) is -1.02. The van der Waals surface area contributed by atoms with Gasteiger partial charge in [-0.15, -0.1) is 0 Å². The molecule has 0 aliphatic rings. The number of nitrogens with one attached hydrogen (secondary N) is 1. The minimum Gasteiger partial charge on any atom is -0.480 e. The second-order valence-electron chi connectivity index (χ2n) is 10.2. The first-order valence-electron chi connectivity index (χ1n) is 13.8. The standard InChI is InChI=1S/C35H26N2O6S/c38-34(26-16-18-27(19-17-26)37(41)42)36-31(35(39)40)21-44-20-22-8-10-23(11-9-22)24-12-14-25(15-13-24)28-5-3-6-30-29-4-1-2-7-32(29)43-33(28)30/h1-19,31H,20-21H2,(H,36,38)(H,39,40)/t31-/m0/s1. The van der Waals surface area contributed by atoms with Crippen molar-refractivity contribution in [2.24, 2.45) is 0 Å². The Labute approximate surface area is 256 Å². The van der Waals surface area contributed by atoms with E-state index in [2.05, 4.69) is 53.8 Å². The maximum Gasteiger partial charge on any atom is 0.327 e. The van der Waals surface area contributed by atoms with E-state index in [9.17, 15) is 24.8 Å². The van der Waals surface area contributed by atoms with E-state index in [4.69, 9.17) is 4.42 Å². The van der Waals surface area contributed by atoms with Gasteiger partial charge in [0.1, 0.15) is 17.2 Å². The fourth-order valence-electron chi connectivity index (χ4n) is 5.06. The molecule has 218 valence electrons. The highest BCUT2D eigenvalue weighted by molar-refractivity contribution is 7.98. The van der Waals surface area contributed by atoms with Crippen molar-refractivity contribution >= 4 is 51.3 Å². The third kappa shape index (κ3) is 6.04. The Hall–Kier alpha value is -5.41. The van der Waals surface area contributed by atoms with E-state index in [0.717, 1.165) is 49.8 Å². The summed E-state index contributed by atoms with van der Waals surface area (Å²) in [5.41, 5.74) is 7.03. The highest BCUT2D eigenvalue weighted by Gasteiger charge is 2.21. The van der Waals surface area contributed by atoms with Gasteiger partial charge in [-0.05, 0) is 40.5 Å². The van der Waals surface area contributed by atoms with E-state index in [-0.39, 0.29) is 17.0 Å². The van der Waals surface area contributed by atoms with Crippen molar-refractivity contribution in [1.82, 2.24) is 5.32 Å². The van der Waals surface area contributed by atoms with Crippen molar-refractivity contribution in [1.29, 1.82) is 0 Å². The molecule has 0 aliphatic heterocycles. The van der Waals surface area contributed by atoms with Gasteiger partial charge in [0.25, 0.3) is 11.6 Å². The highest BCUT2D eigenvalue weighted by atomic mass is 32.2. The van der Waals surface area contributed by atoms with Crippen molar-refractivity contribution in [3.05, 3.63) is 137 Å². The summed E-state index contributed by atoms with van der Waals surface area (Å²) in [6.07, 6.45) is 0. The first kappa shape index (κ1) is 28.7. The smallest absolute Gasteiger partial charge is 0.327 e. The third-order valence-corrected chi connectivity index (χ3v) is 8.49. The minimum absolute atomic E-state index is 0.147. The number of carbonyl (C=O) groups excluding carboxylic acids is 1. The third-order valence-electron chi connectivity index (χ3n) is 7.38. The van der Waals surface area contributed by atoms with Gasteiger partial charge in [0.05, 0.1) is 4.92 Å². The van der Waals surface area contributed by atoms with Crippen LogP contribution in [-0.4, -0.2) is 33.7 Å². The Morgan fingerprint density at radius 3 is 2.11 bits per heavy atom. The van der Waals surface area contributed by atoms with Gasteiger partial charge in [-0.2, -0.15) is 11.8 Å². The van der Waals surface area contributed by atoms with Crippen LogP contribution in [0.4, 0.5) is 5.69 Å². The Balaban J connectivity index is 1.07. The molecule has 0 spiro atoms. The molecule has 9 heteroatoms. The van der Waals surface area contributed by atoms with Gasteiger partial charge in [0, 0.05) is 45.5 Å². The van der Waals surface area contributed by atoms with Crippen LogP contribution in [0.25, 0.3) is 44.2 Å². The molecule has 0 radical (unpaired) electrons. The number of nitro groups is 1. The van der Waals surface area contributed by atoms with Crippen LogP contribution in [0, 0.1) is 10.1 Å². The largest absolute Gasteiger partial charge is 0.480 e. The average Bonchev–Trinajstić information content (AvgIpc) is 3.43. The van der Waals surface area contributed by atoms with Crippen molar-refractivity contribution in [3.8, 4) is 22.3 Å². The quantitative estimate of drug-likeness (QED) is 0.120. The summed E-state index contributed by atoms with van der Waals surface area (Å²) < 4.78 is 6.20. The number of benzene rings is 5. The van der Waals surface area contributed by atoms with Crippen LogP contribution in [0.1, 0.15) is 15.9 Å². The van der Waals surface area contributed by atoms with Crippen LogP contribution in [0.2, 0.25) is 0 Å². The molecule has 1 heterocycles. The number of hydrogen-bond acceptors (Lipinski definition) is 6. The number of carbonyl (C=O) groups is 2. The van der Waals surface area contributed by atoms with Crippen LogP contribution >= 0.6 is 11.8 Å². The average molecular weight is 603 g/mol. The summed E-state index contributed by atoms with van der Waals surface area (Å²) in [6, 6.07) is 34.6. The van der Waals surface area contributed by atoms with Crippen LogP contribution in [0.15, 0.2) is 120 Å². The van der Waals surface area contributed by atoms with Crippen LogP contribution in [-0.2, 0) is 10.5 Å².